The van der Waals surface area contributed by atoms with Crippen molar-refractivity contribution in [1.82, 2.24) is 0 Å². The van der Waals surface area contributed by atoms with Gasteiger partial charge in [-0.25, -0.2) is 9.59 Å². The second kappa shape index (κ2) is 7.56. The third kappa shape index (κ3) is 3.83. The van der Waals surface area contributed by atoms with Gasteiger partial charge in [-0.3, -0.25) is 0 Å². The molecule has 1 heterocycles. The minimum Gasteiger partial charge on any atom is -0.465 e. The zero-order chi connectivity index (χ0) is 15.9. The van der Waals surface area contributed by atoms with Crippen LogP contribution in [0.25, 0.3) is 16.5 Å². The molecular formula is C17H16O4S. The van der Waals surface area contributed by atoms with Gasteiger partial charge >= 0.3 is 11.9 Å². The lowest BCUT2D eigenvalue weighted by molar-refractivity contribution is -0.137. The lowest BCUT2D eigenvalue weighted by Crippen LogP contribution is -2.01. The molecule has 0 unspecified atom stereocenters. The fourth-order valence-corrected chi connectivity index (χ4v) is 2.93. The summed E-state index contributed by atoms with van der Waals surface area (Å²) in [6.45, 7) is 2.05. The molecule has 5 heteroatoms. The van der Waals surface area contributed by atoms with Crippen LogP contribution < -0.4 is 0 Å². The minimum absolute atomic E-state index is 0.312. The smallest absolute Gasteiger partial charge is 0.339 e. The number of methoxy groups -OCH3 is 1. The quantitative estimate of drug-likeness (QED) is 0.622. The molecule has 0 N–H and O–H groups in total. The zero-order valence-corrected chi connectivity index (χ0v) is 13.2. The Morgan fingerprint density at radius 2 is 1.95 bits per heavy atom. The van der Waals surface area contributed by atoms with E-state index in [9.17, 15) is 9.59 Å². The lowest BCUT2D eigenvalue weighted by Gasteiger charge is -1.97. The van der Waals surface area contributed by atoms with Crippen LogP contribution in [0.4, 0.5) is 0 Å². The summed E-state index contributed by atoms with van der Waals surface area (Å²) in [4.78, 5) is 24.9. The number of esters is 2. The predicted molar refractivity (Wildman–Crippen MR) is 86.8 cm³/mol. The van der Waals surface area contributed by atoms with Crippen LogP contribution in [0.5, 0.6) is 0 Å². The van der Waals surface area contributed by atoms with Crippen LogP contribution in [-0.4, -0.2) is 25.7 Å². The van der Waals surface area contributed by atoms with Crippen molar-refractivity contribution in [3.8, 4) is 10.4 Å². The minimum atomic E-state index is -0.437. The number of carbonyl (C=O) groups excluding carboxylic acids is 2. The van der Waals surface area contributed by atoms with E-state index >= 15 is 0 Å². The van der Waals surface area contributed by atoms with Crippen LogP contribution in [0, 0.1) is 0 Å². The van der Waals surface area contributed by atoms with Crippen LogP contribution in [0.1, 0.15) is 22.2 Å². The van der Waals surface area contributed by atoms with Gasteiger partial charge in [-0.1, -0.05) is 30.3 Å². The number of benzene rings is 1. The van der Waals surface area contributed by atoms with Gasteiger partial charge in [-0.15, -0.1) is 11.3 Å². The first-order valence-electron chi connectivity index (χ1n) is 6.78. The molecule has 0 saturated carbocycles. The summed E-state index contributed by atoms with van der Waals surface area (Å²) in [5.74, 6) is -0.866. The molecule has 0 aliphatic carbocycles. The molecule has 2 aromatic rings. The van der Waals surface area contributed by atoms with E-state index in [1.54, 1.807) is 19.1 Å². The third-order valence-electron chi connectivity index (χ3n) is 2.88. The van der Waals surface area contributed by atoms with E-state index in [1.807, 2.05) is 30.3 Å². The Bertz CT molecular complexity index is 686. The summed E-state index contributed by atoms with van der Waals surface area (Å²) < 4.78 is 9.64. The van der Waals surface area contributed by atoms with E-state index in [4.69, 9.17) is 9.47 Å². The SMILES string of the molecule is CCOC(=O)/C=C/c1sc(-c2ccccc2)cc1C(=O)OC. The molecule has 1 aromatic carbocycles. The monoisotopic (exact) mass is 316 g/mol. The molecule has 114 valence electrons. The highest BCUT2D eigenvalue weighted by Gasteiger charge is 2.16. The van der Waals surface area contributed by atoms with Crippen LogP contribution in [0.3, 0.4) is 0 Å². The Morgan fingerprint density at radius 1 is 1.23 bits per heavy atom. The first-order valence-corrected chi connectivity index (χ1v) is 7.59. The average Bonchev–Trinajstić information content (AvgIpc) is 2.97. The van der Waals surface area contributed by atoms with Crippen molar-refractivity contribution in [1.29, 1.82) is 0 Å². The van der Waals surface area contributed by atoms with Crippen molar-refractivity contribution in [2.75, 3.05) is 13.7 Å². The molecule has 1 aromatic heterocycles. The van der Waals surface area contributed by atoms with Gasteiger partial charge in [0, 0.05) is 15.8 Å². The molecule has 0 aliphatic rings. The molecule has 4 nitrogen and oxygen atoms in total. The Balaban J connectivity index is 2.37. The summed E-state index contributed by atoms with van der Waals surface area (Å²) in [7, 11) is 1.33. The van der Waals surface area contributed by atoms with Crippen molar-refractivity contribution >= 4 is 29.4 Å². The molecule has 0 atom stereocenters. The van der Waals surface area contributed by atoms with Gasteiger partial charge < -0.3 is 9.47 Å². The number of thiophene rings is 1. The Morgan fingerprint density at radius 3 is 2.59 bits per heavy atom. The number of hydrogen-bond acceptors (Lipinski definition) is 5. The number of ether oxygens (including phenoxy) is 2. The first kappa shape index (κ1) is 16.0. The maximum atomic E-state index is 11.9. The van der Waals surface area contributed by atoms with Gasteiger partial charge in [0.2, 0.25) is 0 Å². The Labute approximate surface area is 133 Å². The standard InChI is InChI=1S/C17H16O4S/c1-3-21-16(18)10-9-14-13(17(19)20-2)11-15(22-14)12-7-5-4-6-8-12/h4-11H,3H2,1-2H3/b10-9+. The van der Waals surface area contributed by atoms with Crippen molar-refractivity contribution in [2.24, 2.45) is 0 Å². The van der Waals surface area contributed by atoms with Gasteiger partial charge in [0.25, 0.3) is 0 Å². The molecular weight excluding hydrogens is 300 g/mol. The van der Waals surface area contributed by atoms with Gasteiger partial charge in [0.1, 0.15) is 0 Å². The molecule has 0 amide bonds. The van der Waals surface area contributed by atoms with Gasteiger partial charge in [0.15, 0.2) is 0 Å². The molecule has 0 spiro atoms. The molecule has 0 radical (unpaired) electrons. The lowest BCUT2D eigenvalue weighted by atomic mass is 10.1. The van der Waals surface area contributed by atoms with Crippen molar-refractivity contribution in [3.63, 3.8) is 0 Å². The van der Waals surface area contributed by atoms with Gasteiger partial charge in [0.05, 0.1) is 19.3 Å². The number of hydrogen-bond donors (Lipinski definition) is 0. The van der Waals surface area contributed by atoms with Crippen molar-refractivity contribution < 1.29 is 19.1 Å². The number of carbonyl (C=O) groups is 2. The van der Waals surface area contributed by atoms with E-state index in [2.05, 4.69) is 0 Å². The Kier molecular flexibility index (Phi) is 5.49. The van der Waals surface area contributed by atoms with Crippen LogP contribution in [0.15, 0.2) is 42.5 Å². The molecule has 2 rings (SSSR count). The highest BCUT2D eigenvalue weighted by atomic mass is 32.1. The summed E-state index contributed by atoms with van der Waals surface area (Å²) >= 11 is 1.42. The third-order valence-corrected chi connectivity index (χ3v) is 4.03. The Hall–Kier alpha value is -2.40. The fraction of sp³-hybridized carbons (Fsp3) is 0.176. The predicted octanol–water partition coefficient (Wildman–Crippen LogP) is 3.78. The summed E-state index contributed by atoms with van der Waals surface area (Å²) in [5.41, 5.74) is 1.44. The molecule has 0 bridgehead atoms. The average molecular weight is 316 g/mol. The van der Waals surface area contributed by atoms with E-state index in [-0.39, 0.29) is 0 Å². The second-order valence-electron chi connectivity index (χ2n) is 4.33. The van der Waals surface area contributed by atoms with E-state index in [1.165, 1.54) is 24.5 Å². The molecule has 0 aliphatic heterocycles. The maximum absolute atomic E-state index is 11.9. The van der Waals surface area contributed by atoms with Crippen molar-refractivity contribution in [2.45, 2.75) is 6.92 Å². The fourth-order valence-electron chi connectivity index (χ4n) is 1.88. The molecule has 22 heavy (non-hydrogen) atoms. The first-order chi connectivity index (χ1) is 10.7. The summed E-state index contributed by atoms with van der Waals surface area (Å²) in [5, 5.41) is 0. The largest absolute Gasteiger partial charge is 0.465 e. The van der Waals surface area contributed by atoms with Gasteiger partial charge in [-0.2, -0.15) is 0 Å². The zero-order valence-electron chi connectivity index (χ0n) is 12.4. The highest BCUT2D eigenvalue weighted by molar-refractivity contribution is 7.16. The second-order valence-corrected chi connectivity index (χ2v) is 5.42. The normalized spacial score (nSPS) is 10.6. The van der Waals surface area contributed by atoms with E-state index in [0.717, 1.165) is 10.4 Å². The highest BCUT2D eigenvalue weighted by Crippen LogP contribution is 2.32. The van der Waals surface area contributed by atoms with Crippen LogP contribution in [-0.2, 0) is 14.3 Å². The van der Waals surface area contributed by atoms with E-state index in [0.29, 0.717) is 17.0 Å². The van der Waals surface area contributed by atoms with Gasteiger partial charge in [-0.05, 0) is 24.6 Å². The molecule has 0 fully saturated rings. The molecule has 0 saturated heterocycles. The summed E-state index contributed by atoms with van der Waals surface area (Å²) in [6.07, 6.45) is 2.90. The maximum Gasteiger partial charge on any atom is 0.339 e. The topological polar surface area (TPSA) is 52.6 Å². The van der Waals surface area contributed by atoms with E-state index < -0.39 is 11.9 Å². The summed E-state index contributed by atoms with van der Waals surface area (Å²) in [6, 6.07) is 11.5. The van der Waals surface area contributed by atoms with Crippen molar-refractivity contribution in [3.05, 3.63) is 52.9 Å². The number of rotatable bonds is 5. The van der Waals surface area contributed by atoms with Crippen LogP contribution in [0.2, 0.25) is 0 Å². The van der Waals surface area contributed by atoms with Crippen LogP contribution >= 0.6 is 11.3 Å².